The molecule has 2 amide bonds. The molecule has 2 aromatic rings. The van der Waals surface area contributed by atoms with Crippen molar-refractivity contribution in [3.63, 3.8) is 0 Å². The fraction of sp³-hybridized carbons (Fsp3) is 0.364. The van der Waals surface area contributed by atoms with Gasteiger partial charge in [-0.2, -0.15) is 0 Å². The minimum absolute atomic E-state index is 0.0156. The molecule has 6 heteroatoms. The van der Waals surface area contributed by atoms with Crippen LogP contribution in [0, 0.1) is 0 Å². The number of rotatable bonds is 7. The molecule has 1 unspecified atom stereocenters. The summed E-state index contributed by atoms with van der Waals surface area (Å²) >= 11 is 6.33. The van der Waals surface area contributed by atoms with E-state index in [0.717, 1.165) is 24.1 Å². The van der Waals surface area contributed by atoms with E-state index in [1.54, 1.807) is 0 Å². The van der Waals surface area contributed by atoms with E-state index in [1.807, 2.05) is 72.4 Å². The highest BCUT2D eigenvalue weighted by Gasteiger charge is 2.20. The normalized spacial score (nSPS) is 15.1. The maximum atomic E-state index is 12.6. The van der Waals surface area contributed by atoms with Crippen molar-refractivity contribution >= 4 is 23.4 Å². The SMILES string of the molecule is CN(C)C(CNC(=O)c1ccc(CN2CCCC2=O)cc1)c1ccccc1Cl. The lowest BCUT2D eigenvalue weighted by atomic mass is 10.1. The predicted molar refractivity (Wildman–Crippen MR) is 111 cm³/mol. The molecule has 1 aliphatic rings. The van der Waals surface area contributed by atoms with E-state index in [9.17, 15) is 9.59 Å². The van der Waals surface area contributed by atoms with E-state index in [4.69, 9.17) is 11.6 Å². The first-order valence-electron chi connectivity index (χ1n) is 9.51. The molecule has 2 aromatic carbocycles. The molecule has 1 N–H and O–H groups in total. The Labute approximate surface area is 171 Å². The summed E-state index contributed by atoms with van der Waals surface area (Å²) in [5, 5.41) is 3.69. The van der Waals surface area contributed by atoms with E-state index in [2.05, 4.69) is 5.32 Å². The minimum Gasteiger partial charge on any atom is -0.350 e. The van der Waals surface area contributed by atoms with Gasteiger partial charge in [0.15, 0.2) is 0 Å². The van der Waals surface area contributed by atoms with Crippen LogP contribution in [0.3, 0.4) is 0 Å². The number of carbonyl (C=O) groups excluding carboxylic acids is 2. The van der Waals surface area contributed by atoms with Gasteiger partial charge in [0.05, 0.1) is 6.04 Å². The molecule has 5 nitrogen and oxygen atoms in total. The van der Waals surface area contributed by atoms with Gasteiger partial charge in [0.25, 0.3) is 5.91 Å². The van der Waals surface area contributed by atoms with Crippen LogP contribution >= 0.6 is 11.6 Å². The van der Waals surface area contributed by atoms with Gasteiger partial charge in [0.1, 0.15) is 0 Å². The number of hydrogen-bond donors (Lipinski definition) is 1. The molecule has 28 heavy (non-hydrogen) atoms. The standard InChI is InChI=1S/C22H26ClN3O2/c1-25(2)20(18-6-3-4-7-19(18)23)14-24-22(28)17-11-9-16(10-12-17)15-26-13-5-8-21(26)27/h3-4,6-7,9-12,20H,5,8,13-15H2,1-2H3,(H,24,28). The highest BCUT2D eigenvalue weighted by atomic mass is 35.5. The second-order valence-electron chi connectivity index (χ2n) is 7.33. The van der Waals surface area contributed by atoms with Crippen LogP contribution < -0.4 is 5.32 Å². The average molecular weight is 400 g/mol. The summed E-state index contributed by atoms with van der Waals surface area (Å²) in [6.45, 7) is 1.88. The average Bonchev–Trinajstić information content (AvgIpc) is 3.08. The third kappa shape index (κ3) is 4.91. The Bertz CT molecular complexity index is 836. The molecule has 0 saturated carbocycles. The van der Waals surface area contributed by atoms with E-state index < -0.39 is 0 Å². The molecule has 1 saturated heterocycles. The fourth-order valence-corrected chi connectivity index (χ4v) is 3.72. The molecule has 1 heterocycles. The van der Waals surface area contributed by atoms with E-state index in [0.29, 0.717) is 30.1 Å². The van der Waals surface area contributed by atoms with Gasteiger partial charge < -0.3 is 15.1 Å². The summed E-state index contributed by atoms with van der Waals surface area (Å²) in [5.41, 5.74) is 2.63. The van der Waals surface area contributed by atoms with E-state index in [-0.39, 0.29) is 17.9 Å². The molecule has 148 valence electrons. The van der Waals surface area contributed by atoms with Crippen LogP contribution in [0.15, 0.2) is 48.5 Å². The first-order chi connectivity index (χ1) is 13.5. The number of likely N-dealkylation sites (tertiary alicyclic amines) is 1. The van der Waals surface area contributed by atoms with Crippen molar-refractivity contribution in [3.8, 4) is 0 Å². The number of nitrogens with zero attached hydrogens (tertiary/aromatic N) is 2. The number of nitrogens with one attached hydrogen (secondary N) is 1. The van der Waals surface area contributed by atoms with Crippen molar-refractivity contribution in [1.29, 1.82) is 0 Å². The van der Waals surface area contributed by atoms with Crippen LogP contribution in [0.1, 0.15) is 40.4 Å². The zero-order valence-corrected chi connectivity index (χ0v) is 17.1. The van der Waals surface area contributed by atoms with Gasteiger partial charge >= 0.3 is 0 Å². The Morgan fingerprint density at radius 3 is 2.50 bits per heavy atom. The summed E-state index contributed by atoms with van der Waals surface area (Å²) in [6.07, 6.45) is 1.57. The van der Waals surface area contributed by atoms with Gasteiger partial charge in [0, 0.05) is 36.6 Å². The summed E-state index contributed by atoms with van der Waals surface area (Å²) < 4.78 is 0. The number of halogens is 1. The molecule has 0 aliphatic carbocycles. The molecule has 0 bridgehead atoms. The Kier molecular flexibility index (Phi) is 6.70. The topological polar surface area (TPSA) is 52.7 Å². The highest BCUT2D eigenvalue weighted by Crippen LogP contribution is 2.25. The van der Waals surface area contributed by atoms with Crippen molar-refractivity contribution in [1.82, 2.24) is 15.1 Å². The fourth-order valence-electron chi connectivity index (χ4n) is 3.46. The van der Waals surface area contributed by atoms with Crippen molar-refractivity contribution in [2.75, 3.05) is 27.2 Å². The Morgan fingerprint density at radius 2 is 1.89 bits per heavy atom. The van der Waals surface area contributed by atoms with Gasteiger partial charge in [0.2, 0.25) is 5.91 Å². The van der Waals surface area contributed by atoms with Gasteiger partial charge in [-0.25, -0.2) is 0 Å². The summed E-state index contributed by atoms with van der Waals surface area (Å²) in [7, 11) is 3.93. The molecule has 1 fully saturated rings. The molecule has 0 aromatic heterocycles. The minimum atomic E-state index is -0.122. The lowest BCUT2D eigenvalue weighted by Crippen LogP contribution is -2.34. The van der Waals surface area contributed by atoms with Crippen LogP contribution in [0.2, 0.25) is 5.02 Å². The second-order valence-corrected chi connectivity index (χ2v) is 7.73. The maximum Gasteiger partial charge on any atom is 0.251 e. The van der Waals surface area contributed by atoms with Gasteiger partial charge in [-0.05, 0) is 49.8 Å². The van der Waals surface area contributed by atoms with Crippen LogP contribution in [-0.2, 0) is 11.3 Å². The van der Waals surface area contributed by atoms with Crippen LogP contribution in [0.5, 0.6) is 0 Å². The first kappa shape index (κ1) is 20.4. The zero-order valence-electron chi connectivity index (χ0n) is 16.3. The number of carbonyl (C=O) groups is 2. The molecule has 0 radical (unpaired) electrons. The highest BCUT2D eigenvalue weighted by molar-refractivity contribution is 6.31. The van der Waals surface area contributed by atoms with Crippen molar-refractivity contribution in [2.24, 2.45) is 0 Å². The molecular formula is C22H26ClN3O2. The predicted octanol–water partition coefficient (Wildman–Crippen LogP) is 3.50. The van der Waals surface area contributed by atoms with Gasteiger partial charge in [-0.3, -0.25) is 9.59 Å². The molecule has 0 spiro atoms. The first-order valence-corrected chi connectivity index (χ1v) is 9.89. The number of likely N-dealkylation sites (N-methyl/N-ethyl adjacent to an activating group) is 1. The van der Waals surface area contributed by atoms with Crippen LogP contribution in [0.25, 0.3) is 0 Å². The van der Waals surface area contributed by atoms with Crippen LogP contribution in [-0.4, -0.2) is 48.8 Å². The summed E-state index contributed by atoms with van der Waals surface area (Å²) in [6, 6.07) is 15.1. The van der Waals surface area contributed by atoms with E-state index >= 15 is 0 Å². The summed E-state index contributed by atoms with van der Waals surface area (Å²) in [5.74, 6) is 0.0822. The number of benzene rings is 2. The van der Waals surface area contributed by atoms with Gasteiger partial charge in [-0.15, -0.1) is 0 Å². The molecule has 1 aliphatic heterocycles. The lowest BCUT2D eigenvalue weighted by Gasteiger charge is -2.26. The third-order valence-corrected chi connectivity index (χ3v) is 5.45. The monoisotopic (exact) mass is 399 g/mol. The Hall–Kier alpha value is -2.37. The Balaban J connectivity index is 1.60. The van der Waals surface area contributed by atoms with Crippen molar-refractivity contribution in [3.05, 3.63) is 70.2 Å². The largest absolute Gasteiger partial charge is 0.350 e. The third-order valence-electron chi connectivity index (χ3n) is 5.10. The van der Waals surface area contributed by atoms with Gasteiger partial charge in [-0.1, -0.05) is 41.9 Å². The Morgan fingerprint density at radius 1 is 1.18 bits per heavy atom. The van der Waals surface area contributed by atoms with Crippen molar-refractivity contribution < 1.29 is 9.59 Å². The number of amides is 2. The molecular weight excluding hydrogens is 374 g/mol. The van der Waals surface area contributed by atoms with Crippen LogP contribution in [0.4, 0.5) is 0 Å². The summed E-state index contributed by atoms with van der Waals surface area (Å²) in [4.78, 5) is 28.2. The second kappa shape index (κ2) is 9.22. The van der Waals surface area contributed by atoms with Crippen molar-refractivity contribution in [2.45, 2.75) is 25.4 Å². The molecule has 1 atom stereocenters. The van der Waals surface area contributed by atoms with E-state index in [1.165, 1.54) is 0 Å². The maximum absolute atomic E-state index is 12.6. The smallest absolute Gasteiger partial charge is 0.251 e. The zero-order chi connectivity index (χ0) is 20.1. The number of hydrogen-bond acceptors (Lipinski definition) is 3. The lowest BCUT2D eigenvalue weighted by molar-refractivity contribution is -0.128. The molecule has 3 rings (SSSR count). The quantitative estimate of drug-likeness (QED) is 0.775.